The quantitative estimate of drug-likeness (QED) is 0.597. The first-order valence-corrected chi connectivity index (χ1v) is 3.17. The Kier molecular flexibility index (Phi) is 4.52. The number of benzene rings is 1. The molecule has 0 atom stereocenters. The van der Waals surface area contributed by atoms with Crippen molar-refractivity contribution in [3.8, 4) is 0 Å². The van der Waals surface area contributed by atoms with Gasteiger partial charge in [-0.1, -0.05) is 0 Å². The van der Waals surface area contributed by atoms with Gasteiger partial charge in [0.1, 0.15) is 0 Å². The molecule has 1 radical (unpaired) electrons. The molecule has 0 bridgehead atoms. The van der Waals surface area contributed by atoms with Gasteiger partial charge in [-0.2, -0.15) is 0 Å². The van der Waals surface area contributed by atoms with E-state index in [1.165, 1.54) is 12.1 Å². The molecule has 63 valence electrons. The maximum absolute atomic E-state index is 10.3. The monoisotopic (exact) mass is 351 g/mol. The minimum atomic E-state index is -0.909. The van der Waals surface area contributed by atoms with E-state index in [-0.39, 0.29) is 27.9 Å². The number of rotatable bonds is 1. The molecule has 0 saturated carbocycles. The van der Waals surface area contributed by atoms with Crippen LogP contribution >= 0.6 is 12.6 Å². The van der Waals surface area contributed by atoms with Crippen molar-refractivity contribution in [3.63, 3.8) is 0 Å². The van der Waals surface area contributed by atoms with Crippen molar-refractivity contribution in [3.05, 3.63) is 29.8 Å². The average Bonchev–Trinajstić information content (AvgIpc) is 1.88. The third-order valence-corrected chi connectivity index (χ3v) is 1.41. The van der Waals surface area contributed by atoms with E-state index in [1.54, 1.807) is 12.1 Å². The minimum Gasteiger partial charge on any atom is -0.478 e. The third-order valence-electron chi connectivity index (χ3n) is 1.11. The van der Waals surface area contributed by atoms with Crippen molar-refractivity contribution >= 4 is 18.6 Å². The average molecular weight is 351 g/mol. The summed E-state index contributed by atoms with van der Waals surface area (Å²) in [4.78, 5) is 11.1. The van der Waals surface area contributed by atoms with Gasteiger partial charge in [-0.3, -0.25) is 0 Å². The fraction of sp³-hybridized carbons (Fsp3) is 0. The van der Waals surface area contributed by atoms with E-state index in [2.05, 4.69) is 12.6 Å². The molecule has 0 fully saturated rings. The first-order valence-electron chi connectivity index (χ1n) is 2.72. The molecular weight excluding hydrogens is 345 g/mol. The Bertz CT molecular complexity index is 245. The summed E-state index contributed by atoms with van der Waals surface area (Å²) in [7, 11) is 0. The fourth-order valence-corrected chi connectivity index (χ4v) is 0.753. The maximum atomic E-state index is 10.3. The van der Waals surface area contributed by atoms with Crippen molar-refractivity contribution in [2.75, 3.05) is 0 Å². The summed E-state index contributed by atoms with van der Waals surface area (Å²) < 4.78 is 0. The Morgan fingerprint density at radius 1 is 1.27 bits per heavy atom. The second-order valence-electron chi connectivity index (χ2n) is 1.85. The summed E-state index contributed by atoms with van der Waals surface area (Å²) in [6, 6.07) is 6.33. The van der Waals surface area contributed by atoms with Gasteiger partial charge in [-0.25, -0.2) is 4.79 Å². The molecule has 0 aliphatic carbocycles. The number of hydrogen-bond donors (Lipinski definition) is 2. The van der Waals surface area contributed by atoms with Crippen LogP contribution in [0.2, 0.25) is 0 Å². The first kappa shape index (κ1) is 10.8. The van der Waals surface area contributed by atoms with Gasteiger partial charge in [-0.15, -0.1) is 12.6 Å². The third kappa shape index (κ3) is 3.12. The van der Waals surface area contributed by atoms with Crippen LogP contribution in [0.1, 0.15) is 10.4 Å². The van der Waals surface area contributed by atoms with Gasteiger partial charge in [-0.05, 0) is 24.3 Å². The predicted octanol–water partition coefficient (Wildman–Crippen LogP) is 1.67. The zero-order valence-corrected chi connectivity index (χ0v) is 8.47. The number of hydrogen-bond acceptors (Lipinski definition) is 2. The molecular formula is C7H6AuO2S. The molecule has 4 heteroatoms. The predicted molar refractivity (Wildman–Crippen MR) is 40.7 cm³/mol. The topological polar surface area (TPSA) is 37.3 Å². The molecule has 1 aromatic carbocycles. The van der Waals surface area contributed by atoms with Gasteiger partial charge in [0.25, 0.3) is 0 Å². The molecule has 2 nitrogen and oxygen atoms in total. The summed E-state index contributed by atoms with van der Waals surface area (Å²) in [5.41, 5.74) is 0.290. The smallest absolute Gasteiger partial charge is 0.335 e. The van der Waals surface area contributed by atoms with E-state index in [1.807, 2.05) is 0 Å². The molecule has 0 aromatic heterocycles. The van der Waals surface area contributed by atoms with Gasteiger partial charge in [0.15, 0.2) is 0 Å². The second-order valence-corrected chi connectivity index (χ2v) is 2.37. The number of thiol groups is 1. The van der Waals surface area contributed by atoms with E-state index in [0.29, 0.717) is 0 Å². The molecule has 0 aliphatic heterocycles. The number of aromatic carboxylic acids is 1. The molecule has 11 heavy (non-hydrogen) atoms. The Balaban J connectivity index is 0.000001000. The summed E-state index contributed by atoms with van der Waals surface area (Å²) in [6.07, 6.45) is 0. The molecule has 0 unspecified atom stereocenters. The van der Waals surface area contributed by atoms with Crippen LogP contribution in [0.15, 0.2) is 29.2 Å². The maximum Gasteiger partial charge on any atom is 0.335 e. The summed E-state index contributed by atoms with van der Waals surface area (Å²) >= 11 is 4.01. The van der Waals surface area contributed by atoms with E-state index in [4.69, 9.17) is 5.11 Å². The van der Waals surface area contributed by atoms with E-state index < -0.39 is 5.97 Å². The van der Waals surface area contributed by atoms with Crippen molar-refractivity contribution in [1.29, 1.82) is 0 Å². The van der Waals surface area contributed by atoms with Crippen LogP contribution in [0.4, 0.5) is 0 Å². The van der Waals surface area contributed by atoms with Crippen LogP contribution in [0, 0.1) is 0 Å². The standard InChI is InChI=1S/C7H6O2S.Au/c8-7(9)5-1-3-6(10)4-2-5;/h1-4,10H,(H,8,9);. The van der Waals surface area contributed by atoms with Crippen molar-refractivity contribution in [2.24, 2.45) is 0 Å². The Labute approximate surface area is 85.5 Å². The second kappa shape index (κ2) is 4.62. The van der Waals surface area contributed by atoms with Crippen molar-refractivity contribution in [2.45, 2.75) is 4.90 Å². The first-order chi connectivity index (χ1) is 4.70. The zero-order valence-electron chi connectivity index (χ0n) is 5.41. The zero-order chi connectivity index (χ0) is 7.56. The Hall–Kier alpha value is -0.220. The van der Waals surface area contributed by atoms with Gasteiger partial charge in [0, 0.05) is 27.3 Å². The minimum absolute atomic E-state index is 0. The SMILES string of the molecule is O=C(O)c1ccc(S)cc1.[Au]. The normalized spacial score (nSPS) is 8.45. The Morgan fingerprint density at radius 2 is 1.73 bits per heavy atom. The van der Waals surface area contributed by atoms with Crippen LogP contribution in [-0.4, -0.2) is 11.1 Å². The fourth-order valence-electron chi connectivity index (χ4n) is 0.604. The molecule has 1 aromatic rings. The number of carbonyl (C=O) groups is 1. The van der Waals surface area contributed by atoms with Gasteiger partial charge in [0.05, 0.1) is 5.56 Å². The van der Waals surface area contributed by atoms with E-state index in [9.17, 15) is 4.79 Å². The van der Waals surface area contributed by atoms with Crippen LogP contribution in [0.5, 0.6) is 0 Å². The molecule has 1 N–H and O–H groups in total. The summed E-state index contributed by atoms with van der Waals surface area (Å²) in [5, 5.41) is 8.45. The van der Waals surface area contributed by atoms with E-state index >= 15 is 0 Å². The van der Waals surface area contributed by atoms with E-state index in [0.717, 1.165) is 4.90 Å². The number of carboxylic acids is 1. The van der Waals surface area contributed by atoms with Crippen molar-refractivity contribution < 1.29 is 32.3 Å². The van der Waals surface area contributed by atoms with Gasteiger partial charge >= 0.3 is 5.97 Å². The molecule has 0 spiro atoms. The molecule has 0 aliphatic rings. The Morgan fingerprint density at radius 3 is 2.09 bits per heavy atom. The van der Waals surface area contributed by atoms with Crippen LogP contribution in [0.25, 0.3) is 0 Å². The van der Waals surface area contributed by atoms with Crippen molar-refractivity contribution in [1.82, 2.24) is 0 Å². The molecule has 1 rings (SSSR count). The molecule has 0 heterocycles. The van der Waals surface area contributed by atoms with Gasteiger partial charge < -0.3 is 5.11 Å². The largest absolute Gasteiger partial charge is 0.478 e. The molecule has 0 amide bonds. The number of carboxylic acid groups (broad SMARTS) is 1. The van der Waals surface area contributed by atoms with Crippen LogP contribution in [-0.2, 0) is 22.4 Å². The summed E-state index contributed by atoms with van der Waals surface area (Å²) in [5.74, 6) is -0.909. The summed E-state index contributed by atoms with van der Waals surface area (Å²) in [6.45, 7) is 0. The van der Waals surface area contributed by atoms with Crippen LogP contribution < -0.4 is 0 Å². The molecule has 0 saturated heterocycles. The van der Waals surface area contributed by atoms with Gasteiger partial charge in [0.2, 0.25) is 0 Å². The van der Waals surface area contributed by atoms with Crippen LogP contribution in [0.3, 0.4) is 0 Å².